The van der Waals surface area contributed by atoms with E-state index in [1.807, 2.05) is 36.6 Å². The quantitative estimate of drug-likeness (QED) is 0.871. The Morgan fingerprint density at radius 3 is 2.96 bits per heavy atom. The summed E-state index contributed by atoms with van der Waals surface area (Å²) in [4.78, 5) is 14.7. The number of carbonyl (C=O) groups excluding carboxylic acids is 1. The van der Waals surface area contributed by atoms with Crippen LogP contribution in [-0.2, 0) is 11.2 Å². The third kappa shape index (κ3) is 3.93. The number of hydrogen-bond acceptors (Lipinski definition) is 5. The molecule has 1 saturated heterocycles. The molecule has 2 aliphatic rings. The van der Waals surface area contributed by atoms with Gasteiger partial charge < -0.3 is 14.4 Å². The molecule has 2 aliphatic heterocycles. The predicted octanol–water partition coefficient (Wildman–Crippen LogP) is 3.39. The lowest BCUT2D eigenvalue weighted by atomic mass is 10.1. The number of ether oxygens (including phenoxy) is 2. The Bertz CT molecular complexity index is 816. The second kappa shape index (κ2) is 7.84. The molecule has 4 rings (SSSR count). The molecule has 0 spiro atoms. The van der Waals surface area contributed by atoms with Crippen LogP contribution in [0.2, 0.25) is 0 Å². The van der Waals surface area contributed by atoms with Crippen LogP contribution in [-0.4, -0.2) is 46.6 Å². The molecule has 7 heteroatoms. The average molecular weight is 388 g/mol. The zero-order chi connectivity index (χ0) is 18.8. The number of nitrogens with zero attached hydrogens (tertiary/aromatic N) is 2. The Kier molecular flexibility index (Phi) is 5.29. The van der Waals surface area contributed by atoms with Gasteiger partial charge in [0.1, 0.15) is 0 Å². The van der Waals surface area contributed by atoms with E-state index in [2.05, 4.69) is 22.3 Å². The van der Waals surface area contributed by atoms with Crippen molar-refractivity contribution in [3.8, 4) is 11.5 Å². The van der Waals surface area contributed by atoms with Gasteiger partial charge in [0.15, 0.2) is 11.5 Å². The van der Waals surface area contributed by atoms with Gasteiger partial charge in [-0.25, -0.2) is 0 Å². The van der Waals surface area contributed by atoms with E-state index in [1.54, 1.807) is 0 Å². The molecule has 0 aliphatic carbocycles. The number of amides is 1. The van der Waals surface area contributed by atoms with Crippen molar-refractivity contribution in [2.75, 3.05) is 25.6 Å². The first-order valence-corrected chi connectivity index (χ1v) is 10.5. The van der Waals surface area contributed by atoms with E-state index in [9.17, 15) is 4.79 Å². The highest BCUT2D eigenvalue weighted by atomic mass is 32.2. The molecule has 2 aromatic rings. The maximum atomic E-state index is 12.7. The fourth-order valence-corrected chi connectivity index (χ4v) is 4.95. The van der Waals surface area contributed by atoms with Crippen LogP contribution >= 0.6 is 11.8 Å². The fourth-order valence-electron chi connectivity index (χ4n) is 3.73. The van der Waals surface area contributed by atoms with Crippen LogP contribution in [0.3, 0.4) is 0 Å². The highest BCUT2D eigenvalue weighted by molar-refractivity contribution is 7.99. The van der Waals surface area contributed by atoms with Crippen molar-refractivity contribution in [3.63, 3.8) is 0 Å². The number of thioether (sulfide) groups is 1. The van der Waals surface area contributed by atoms with Gasteiger partial charge in [0.05, 0.1) is 5.69 Å². The van der Waals surface area contributed by atoms with Gasteiger partial charge in [0.2, 0.25) is 12.7 Å². The Morgan fingerprint density at radius 1 is 1.30 bits per heavy atom. The Hall–Kier alpha value is -2.15. The molecule has 27 heavy (non-hydrogen) atoms. The first kappa shape index (κ1) is 18.2. The standard InChI is InChI=1S/C20H25N3O3S/c1-13-16(14(2)22-21-13)4-6-20(24)23-8-7-19(27-10-9-23)15-3-5-17-18(11-15)26-12-25-17/h3,5,11,19H,4,6-10,12H2,1-2H3,(H,21,22). The smallest absolute Gasteiger partial charge is 0.231 e. The highest BCUT2D eigenvalue weighted by Gasteiger charge is 2.24. The van der Waals surface area contributed by atoms with Gasteiger partial charge in [-0.3, -0.25) is 9.89 Å². The maximum absolute atomic E-state index is 12.7. The number of aromatic amines is 1. The second-order valence-corrected chi connectivity index (χ2v) is 8.36. The summed E-state index contributed by atoms with van der Waals surface area (Å²) in [5, 5.41) is 7.60. The Labute approximate surface area is 163 Å². The predicted molar refractivity (Wildman–Crippen MR) is 105 cm³/mol. The van der Waals surface area contributed by atoms with E-state index in [-0.39, 0.29) is 5.91 Å². The monoisotopic (exact) mass is 387 g/mol. The second-order valence-electron chi connectivity index (χ2n) is 7.05. The van der Waals surface area contributed by atoms with Crippen LogP contribution in [0.4, 0.5) is 0 Å². The van der Waals surface area contributed by atoms with Crippen LogP contribution in [0.5, 0.6) is 11.5 Å². The van der Waals surface area contributed by atoms with Gasteiger partial charge in [-0.1, -0.05) is 6.07 Å². The first-order valence-electron chi connectivity index (χ1n) is 9.41. The van der Waals surface area contributed by atoms with Crippen molar-refractivity contribution in [2.24, 2.45) is 0 Å². The SMILES string of the molecule is Cc1n[nH]c(C)c1CCC(=O)N1CCSC(c2ccc3c(c2)OCO3)CC1. The van der Waals surface area contributed by atoms with E-state index in [4.69, 9.17) is 9.47 Å². The van der Waals surface area contributed by atoms with E-state index < -0.39 is 0 Å². The molecule has 1 aromatic heterocycles. The Morgan fingerprint density at radius 2 is 2.15 bits per heavy atom. The van der Waals surface area contributed by atoms with Gasteiger partial charge in [-0.15, -0.1) is 0 Å². The normalized spacial score (nSPS) is 19.2. The molecule has 0 radical (unpaired) electrons. The molecule has 0 bridgehead atoms. The first-order chi connectivity index (χ1) is 13.1. The molecule has 1 unspecified atom stereocenters. The number of hydrogen-bond donors (Lipinski definition) is 1. The van der Waals surface area contributed by atoms with Crippen molar-refractivity contribution in [3.05, 3.63) is 40.7 Å². The van der Waals surface area contributed by atoms with Crippen molar-refractivity contribution in [2.45, 2.75) is 38.4 Å². The average Bonchev–Trinajstić information content (AvgIpc) is 3.17. The minimum absolute atomic E-state index is 0.238. The van der Waals surface area contributed by atoms with Crippen molar-refractivity contribution >= 4 is 17.7 Å². The highest BCUT2D eigenvalue weighted by Crippen LogP contribution is 2.40. The number of H-pyrrole nitrogens is 1. The zero-order valence-electron chi connectivity index (χ0n) is 15.8. The number of aromatic nitrogens is 2. The van der Waals surface area contributed by atoms with Crippen molar-refractivity contribution < 1.29 is 14.3 Å². The topological polar surface area (TPSA) is 67.5 Å². The molecule has 0 saturated carbocycles. The third-order valence-electron chi connectivity index (χ3n) is 5.33. The van der Waals surface area contributed by atoms with E-state index in [0.29, 0.717) is 18.5 Å². The third-order valence-corrected chi connectivity index (χ3v) is 6.66. The van der Waals surface area contributed by atoms with E-state index in [1.165, 1.54) is 11.1 Å². The lowest BCUT2D eigenvalue weighted by Gasteiger charge is -2.20. The molecular formula is C20H25N3O3S. The fraction of sp³-hybridized carbons (Fsp3) is 0.500. The van der Waals surface area contributed by atoms with Crippen LogP contribution in [0.1, 0.15) is 40.6 Å². The number of carbonyl (C=O) groups is 1. The van der Waals surface area contributed by atoms with Gasteiger partial charge in [-0.05, 0) is 49.9 Å². The number of benzene rings is 1. The minimum Gasteiger partial charge on any atom is -0.454 e. The summed E-state index contributed by atoms with van der Waals surface area (Å²) in [6.07, 6.45) is 2.25. The molecule has 1 fully saturated rings. The molecule has 144 valence electrons. The lowest BCUT2D eigenvalue weighted by molar-refractivity contribution is -0.130. The molecule has 1 atom stereocenters. The molecule has 3 heterocycles. The van der Waals surface area contributed by atoms with E-state index in [0.717, 1.165) is 54.6 Å². The summed E-state index contributed by atoms with van der Waals surface area (Å²) in [6, 6.07) is 6.19. The van der Waals surface area contributed by atoms with Gasteiger partial charge >= 0.3 is 0 Å². The van der Waals surface area contributed by atoms with Crippen LogP contribution in [0.15, 0.2) is 18.2 Å². The summed E-state index contributed by atoms with van der Waals surface area (Å²) in [6.45, 7) is 5.91. The molecule has 1 aromatic carbocycles. The number of nitrogens with one attached hydrogen (secondary N) is 1. The molecule has 1 N–H and O–H groups in total. The van der Waals surface area contributed by atoms with Crippen molar-refractivity contribution in [1.82, 2.24) is 15.1 Å². The summed E-state index contributed by atoms with van der Waals surface area (Å²) in [7, 11) is 0. The molecule has 6 nitrogen and oxygen atoms in total. The van der Waals surface area contributed by atoms with Gasteiger partial charge in [0, 0.05) is 36.2 Å². The van der Waals surface area contributed by atoms with Gasteiger partial charge in [0.25, 0.3) is 0 Å². The molecular weight excluding hydrogens is 362 g/mol. The number of aryl methyl sites for hydroxylation is 2. The van der Waals surface area contributed by atoms with Crippen LogP contribution in [0.25, 0.3) is 0 Å². The van der Waals surface area contributed by atoms with Crippen molar-refractivity contribution in [1.29, 1.82) is 0 Å². The maximum Gasteiger partial charge on any atom is 0.231 e. The summed E-state index contributed by atoms with van der Waals surface area (Å²) in [5.74, 6) is 2.84. The zero-order valence-corrected chi connectivity index (χ0v) is 16.6. The largest absolute Gasteiger partial charge is 0.454 e. The summed E-state index contributed by atoms with van der Waals surface area (Å²) < 4.78 is 10.9. The number of fused-ring (bicyclic) bond motifs is 1. The minimum atomic E-state index is 0.238. The van der Waals surface area contributed by atoms with Crippen LogP contribution in [0, 0.1) is 13.8 Å². The van der Waals surface area contributed by atoms with E-state index >= 15 is 0 Å². The van der Waals surface area contributed by atoms with Crippen LogP contribution < -0.4 is 9.47 Å². The lowest BCUT2D eigenvalue weighted by Crippen LogP contribution is -2.33. The molecule has 1 amide bonds. The summed E-state index contributed by atoms with van der Waals surface area (Å²) >= 11 is 1.92. The Balaban J connectivity index is 1.35. The summed E-state index contributed by atoms with van der Waals surface area (Å²) in [5.41, 5.74) is 4.48. The number of rotatable bonds is 4. The van der Waals surface area contributed by atoms with Gasteiger partial charge in [-0.2, -0.15) is 16.9 Å².